The molecule has 1 heteroatoms. The zero-order valence-corrected chi connectivity index (χ0v) is 36.0. The summed E-state index contributed by atoms with van der Waals surface area (Å²) in [7, 11) is 0. The van der Waals surface area contributed by atoms with Crippen molar-refractivity contribution < 1.29 is 21.3 Å². The van der Waals surface area contributed by atoms with Crippen LogP contribution in [-0.2, 0) is 49.3 Å². The molecule has 0 spiro atoms. The fourth-order valence-electron chi connectivity index (χ4n) is 8.24. The summed E-state index contributed by atoms with van der Waals surface area (Å²) < 4.78 is 5.03. The third kappa shape index (κ3) is 6.98. The molecule has 0 N–H and O–H groups in total. The van der Waals surface area contributed by atoms with Crippen LogP contribution in [-0.4, -0.2) is 3.21 Å². The van der Waals surface area contributed by atoms with Crippen molar-refractivity contribution in [2.75, 3.05) is 0 Å². The summed E-state index contributed by atoms with van der Waals surface area (Å²) in [6.45, 7) is 33.5. The van der Waals surface area contributed by atoms with E-state index in [9.17, 15) is 0 Å². The van der Waals surface area contributed by atoms with E-state index in [0.29, 0.717) is 0 Å². The van der Waals surface area contributed by atoms with Gasteiger partial charge in [0.25, 0.3) is 0 Å². The first-order valence-corrected chi connectivity index (χ1v) is 22.5. The van der Waals surface area contributed by atoms with E-state index in [1.807, 2.05) is 0 Å². The van der Waals surface area contributed by atoms with Crippen molar-refractivity contribution in [2.24, 2.45) is 0 Å². The number of rotatable bonds is 4. The standard InChI is InChI=1S/C29H41.C15H14.C5H5.Zr/c1-26(2,3)22-14-18-13-19-15-23(27(4,5)6)25(29(10,11)12)17-21(19)20(18)16-24(22)28(7,8)9;1-12-3-7-14(8-4-12)11-15-9-5-13(2)6-10-15;1-2-4-5-3-1;/h14,16-17H,13H2,1-12H3;3-10H,1-2H3;1-3H,4H2;. The average molecular weight is 740 g/mol. The van der Waals surface area contributed by atoms with E-state index in [0.717, 1.165) is 12.8 Å². The molecule has 0 amide bonds. The molecule has 0 atom stereocenters. The van der Waals surface area contributed by atoms with E-state index < -0.39 is 21.3 Å². The molecule has 0 saturated carbocycles. The Kier molecular flexibility index (Phi) is 9.56. The molecule has 0 heterocycles. The molecule has 0 aliphatic heterocycles. The number of benzene rings is 4. The first-order chi connectivity index (χ1) is 23.2. The van der Waals surface area contributed by atoms with Crippen LogP contribution < -0.4 is 3.27 Å². The van der Waals surface area contributed by atoms with Crippen LogP contribution >= 0.6 is 0 Å². The molecule has 0 aromatic heterocycles. The third-order valence-electron chi connectivity index (χ3n) is 10.8. The van der Waals surface area contributed by atoms with Crippen LogP contribution in [0.2, 0.25) is 0 Å². The number of hydrogen-bond donors (Lipinski definition) is 0. The molecule has 4 aromatic rings. The molecule has 6 rings (SSSR count). The minimum atomic E-state index is -2.93. The molecule has 0 nitrogen and oxygen atoms in total. The van der Waals surface area contributed by atoms with Crippen molar-refractivity contribution in [1.29, 1.82) is 0 Å². The van der Waals surface area contributed by atoms with Gasteiger partial charge >= 0.3 is 314 Å². The second kappa shape index (κ2) is 13.0. The molecule has 0 saturated heterocycles. The Bertz CT molecular complexity index is 2000. The molecule has 0 radical (unpaired) electrons. The summed E-state index contributed by atoms with van der Waals surface area (Å²) in [5.74, 6) is 0. The van der Waals surface area contributed by atoms with Gasteiger partial charge < -0.3 is 0 Å². The summed E-state index contributed by atoms with van der Waals surface area (Å²) in [5, 5.41) is 0. The SMILES string of the molecule is Cc1ccc([C](c2ccc(C)cc2)=[Zr]([C]2=CC=CC2)[c]2c3c(cc(C(C)(C)C)c2C(C)(C)C)-c2cc(C(C)(C)C)c(C(C)(C)C)cc2C3)cc1. The molecular formula is C49H60Zr. The maximum atomic E-state index is 2.65. The third-order valence-corrected chi connectivity index (χ3v) is 18.5. The Labute approximate surface area is 312 Å². The predicted molar refractivity (Wildman–Crippen MR) is 217 cm³/mol. The van der Waals surface area contributed by atoms with E-state index in [2.05, 4.69) is 182 Å². The van der Waals surface area contributed by atoms with Gasteiger partial charge in [-0.1, -0.05) is 0 Å². The Balaban J connectivity index is 1.85. The van der Waals surface area contributed by atoms with Crippen LogP contribution in [0.1, 0.15) is 145 Å². The predicted octanol–water partition coefficient (Wildman–Crippen LogP) is 12.4. The molecule has 260 valence electrons. The van der Waals surface area contributed by atoms with Gasteiger partial charge in [-0.25, -0.2) is 0 Å². The fraction of sp³-hybridized carbons (Fsp3) is 0.408. The number of hydrogen-bond acceptors (Lipinski definition) is 0. The molecular weight excluding hydrogens is 680 g/mol. The summed E-state index contributed by atoms with van der Waals surface area (Å²) in [6, 6.07) is 26.8. The molecule has 0 fully saturated rings. The quantitative estimate of drug-likeness (QED) is 0.172. The second-order valence-corrected chi connectivity index (χ2v) is 25.1. The first kappa shape index (κ1) is 36.9. The number of aryl methyl sites for hydroxylation is 2. The minimum absolute atomic E-state index is 0.00217. The van der Waals surface area contributed by atoms with Gasteiger partial charge in [-0.3, -0.25) is 0 Å². The van der Waals surface area contributed by atoms with Crippen LogP contribution in [0.3, 0.4) is 0 Å². The number of fused-ring (bicyclic) bond motifs is 3. The molecule has 0 unspecified atom stereocenters. The fourth-order valence-corrected chi connectivity index (χ4v) is 17.3. The van der Waals surface area contributed by atoms with Gasteiger partial charge in [-0.2, -0.15) is 0 Å². The van der Waals surface area contributed by atoms with Crippen molar-refractivity contribution in [3.8, 4) is 11.1 Å². The Morgan fingerprint density at radius 2 is 1.04 bits per heavy atom. The van der Waals surface area contributed by atoms with E-state index in [-0.39, 0.29) is 21.7 Å². The van der Waals surface area contributed by atoms with Crippen molar-refractivity contribution in [2.45, 2.75) is 131 Å². The Morgan fingerprint density at radius 1 is 0.560 bits per heavy atom. The van der Waals surface area contributed by atoms with Gasteiger partial charge in [-0.15, -0.1) is 0 Å². The Hall–Kier alpha value is -2.89. The summed E-state index contributed by atoms with van der Waals surface area (Å²) in [6.07, 6.45) is 9.33. The van der Waals surface area contributed by atoms with Gasteiger partial charge in [0.2, 0.25) is 0 Å². The normalized spacial score (nSPS) is 14.5. The summed E-state index contributed by atoms with van der Waals surface area (Å²) >= 11 is -2.93. The first-order valence-electron chi connectivity index (χ1n) is 18.8. The second-order valence-electron chi connectivity index (χ2n) is 19.2. The van der Waals surface area contributed by atoms with Gasteiger partial charge in [0.05, 0.1) is 0 Å². The molecule has 50 heavy (non-hydrogen) atoms. The van der Waals surface area contributed by atoms with Crippen LogP contribution in [0.25, 0.3) is 11.1 Å². The van der Waals surface area contributed by atoms with Gasteiger partial charge in [0.1, 0.15) is 0 Å². The van der Waals surface area contributed by atoms with Crippen molar-refractivity contribution in [3.63, 3.8) is 0 Å². The number of allylic oxidation sites excluding steroid dienone is 4. The molecule has 4 aromatic carbocycles. The molecule has 0 bridgehead atoms. The van der Waals surface area contributed by atoms with Crippen molar-refractivity contribution in [1.82, 2.24) is 0 Å². The Morgan fingerprint density at radius 3 is 1.48 bits per heavy atom. The van der Waals surface area contributed by atoms with Gasteiger partial charge in [-0.05, 0) is 0 Å². The monoisotopic (exact) mass is 738 g/mol. The average Bonchev–Trinajstić information content (AvgIpc) is 3.66. The zero-order chi connectivity index (χ0) is 36.6. The molecule has 2 aliphatic carbocycles. The summed E-state index contributed by atoms with van der Waals surface area (Å²) in [5.41, 5.74) is 17.8. The van der Waals surface area contributed by atoms with Crippen LogP contribution in [0.15, 0.2) is 88.2 Å². The van der Waals surface area contributed by atoms with Crippen molar-refractivity contribution in [3.05, 3.63) is 144 Å². The topological polar surface area (TPSA) is 0 Å². The molecule has 2 aliphatic rings. The van der Waals surface area contributed by atoms with E-state index >= 15 is 0 Å². The zero-order valence-electron chi connectivity index (χ0n) is 33.5. The van der Waals surface area contributed by atoms with Gasteiger partial charge in [0, 0.05) is 0 Å². The van der Waals surface area contributed by atoms with Crippen molar-refractivity contribution >= 4 is 6.48 Å². The summed E-state index contributed by atoms with van der Waals surface area (Å²) in [4.78, 5) is 0. The van der Waals surface area contributed by atoms with Crippen LogP contribution in [0.4, 0.5) is 0 Å². The van der Waals surface area contributed by atoms with E-state index in [1.54, 1.807) is 20.9 Å². The van der Waals surface area contributed by atoms with Crippen LogP contribution in [0, 0.1) is 13.8 Å². The van der Waals surface area contributed by atoms with Crippen LogP contribution in [0.5, 0.6) is 0 Å². The van der Waals surface area contributed by atoms with E-state index in [1.165, 1.54) is 55.6 Å². The van der Waals surface area contributed by atoms with Gasteiger partial charge in [0.15, 0.2) is 0 Å². The maximum absolute atomic E-state index is 2.93. The van der Waals surface area contributed by atoms with E-state index in [4.69, 9.17) is 0 Å².